The molecule has 3 heterocycles. The van der Waals surface area contributed by atoms with E-state index in [1.165, 1.54) is 24.2 Å². The van der Waals surface area contributed by atoms with E-state index < -0.39 is 0 Å². The maximum Gasteiger partial charge on any atom is 0.160 e. The molecular weight excluding hydrogens is 292 g/mol. The molecule has 1 aliphatic rings. The van der Waals surface area contributed by atoms with E-state index in [1.54, 1.807) is 0 Å². The summed E-state index contributed by atoms with van der Waals surface area (Å²) in [7, 11) is 2.03. The molecule has 22 heavy (non-hydrogen) atoms. The van der Waals surface area contributed by atoms with E-state index in [1.807, 2.05) is 44.3 Å². The van der Waals surface area contributed by atoms with Gasteiger partial charge >= 0.3 is 0 Å². The van der Waals surface area contributed by atoms with Gasteiger partial charge in [-0.2, -0.15) is 0 Å². The number of hydrogen-bond acceptors (Lipinski definition) is 4. The summed E-state index contributed by atoms with van der Waals surface area (Å²) in [6.07, 6.45) is 9.67. The first-order chi connectivity index (χ1) is 10.7. The fraction of sp³-hybridized carbons (Fsp3) is 0.353. The minimum Gasteiger partial charge on any atom is -0.312 e. The number of rotatable bonds is 3. The second-order valence-electron chi connectivity index (χ2n) is 5.89. The molecule has 0 bridgehead atoms. The molecule has 0 amide bonds. The van der Waals surface area contributed by atoms with Gasteiger partial charge in [0, 0.05) is 41.3 Å². The molecule has 0 saturated heterocycles. The second kappa shape index (κ2) is 5.39. The summed E-state index contributed by atoms with van der Waals surface area (Å²) in [4.78, 5) is 14.9. The summed E-state index contributed by atoms with van der Waals surface area (Å²) < 4.78 is 2.08. The summed E-state index contributed by atoms with van der Waals surface area (Å²) in [5.74, 6) is 0.970. The van der Waals surface area contributed by atoms with Gasteiger partial charge in [0.2, 0.25) is 0 Å². The number of aromatic nitrogens is 4. The van der Waals surface area contributed by atoms with Crippen LogP contribution < -0.4 is 0 Å². The highest BCUT2D eigenvalue weighted by molar-refractivity contribution is 8.00. The van der Waals surface area contributed by atoms with Gasteiger partial charge in [0.1, 0.15) is 11.3 Å². The highest BCUT2D eigenvalue weighted by Crippen LogP contribution is 2.40. The molecule has 0 N–H and O–H groups in total. The van der Waals surface area contributed by atoms with Crippen molar-refractivity contribution in [1.29, 1.82) is 0 Å². The normalized spacial score (nSPS) is 15.2. The average Bonchev–Trinajstić information content (AvgIpc) is 2.80. The van der Waals surface area contributed by atoms with Crippen LogP contribution in [0.1, 0.15) is 24.8 Å². The monoisotopic (exact) mass is 310 g/mol. The zero-order valence-corrected chi connectivity index (χ0v) is 13.6. The summed E-state index contributed by atoms with van der Waals surface area (Å²) in [6.45, 7) is 2.05. The van der Waals surface area contributed by atoms with E-state index in [-0.39, 0.29) is 0 Å². The molecule has 112 valence electrons. The standard InChI is InChI=1S/C17H18N4S/c1-11-8-14-17(19-9-11)21(2)16(20-14)13-6-7-18-10-15(13)22-12-4-3-5-12/h6-10,12H,3-5H2,1-2H3. The van der Waals surface area contributed by atoms with Crippen molar-refractivity contribution in [3.05, 3.63) is 36.3 Å². The second-order valence-corrected chi connectivity index (χ2v) is 7.23. The first kappa shape index (κ1) is 13.8. The van der Waals surface area contributed by atoms with Gasteiger partial charge in [-0.1, -0.05) is 6.42 Å². The SMILES string of the molecule is Cc1cnc2c(c1)nc(-c1ccncc1SC1CCC1)n2C. The Labute approximate surface area is 134 Å². The van der Waals surface area contributed by atoms with Crippen molar-refractivity contribution in [3.63, 3.8) is 0 Å². The minimum atomic E-state index is 0.734. The predicted molar refractivity (Wildman–Crippen MR) is 90.0 cm³/mol. The zero-order chi connectivity index (χ0) is 15.1. The van der Waals surface area contributed by atoms with Gasteiger partial charge in [0.15, 0.2) is 5.65 Å². The van der Waals surface area contributed by atoms with Crippen LogP contribution in [0.25, 0.3) is 22.6 Å². The largest absolute Gasteiger partial charge is 0.312 e. The van der Waals surface area contributed by atoms with Crippen LogP contribution in [0.15, 0.2) is 35.6 Å². The average molecular weight is 310 g/mol. The lowest BCUT2D eigenvalue weighted by Gasteiger charge is -2.25. The van der Waals surface area contributed by atoms with Crippen LogP contribution in [0.4, 0.5) is 0 Å². The fourth-order valence-electron chi connectivity index (χ4n) is 2.74. The van der Waals surface area contributed by atoms with Gasteiger partial charge in [0.05, 0.1) is 0 Å². The molecule has 0 spiro atoms. The smallest absolute Gasteiger partial charge is 0.160 e. The van der Waals surface area contributed by atoms with Crippen LogP contribution in [0.3, 0.4) is 0 Å². The molecule has 1 fully saturated rings. The lowest BCUT2D eigenvalue weighted by Crippen LogP contribution is -2.13. The van der Waals surface area contributed by atoms with Crippen LogP contribution >= 0.6 is 11.8 Å². The molecule has 4 rings (SSSR count). The molecular formula is C17H18N4S. The Hall–Kier alpha value is -1.88. The summed E-state index contributed by atoms with van der Waals surface area (Å²) in [6, 6.07) is 4.15. The van der Waals surface area contributed by atoms with Crippen LogP contribution in [0.2, 0.25) is 0 Å². The van der Waals surface area contributed by atoms with Crippen LogP contribution in [0, 0.1) is 6.92 Å². The molecule has 0 atom stereocenters. The number of imidazole rings is 1. The van der Waals surface area contributed by atoms with E-state index in [0.29, 0.717) is 0 Å². The van der Waals surface area contributed by atoms with Gasteiger partial charge < -0.3 is 4.57 Å². The molecule has 3 aromatic rings. The summed E-state index contributed by atoms with van der Waals surface area (Å²) in [5, 5.41) is 0.734. The van der Waals surface area contributed by atoms with Gasteiger partial charge in [-0.3, -0.25) is 4.98 Å². The topological polar surface area (TPSA) is 43.6 Å². The van der Waals surface area contributed by atoms with E-state index in [9.17, 15) is 0 Å². The van der Waals surface area contributed by atoms with Gasteiger partial charge in [0.25, 0.3) is 0 Å². The third-order valence-electron chi connectivity index (χ3n) is 4.22. The minimum absolute atomic E-state index is 0.734. The quantitative estimate of drug-likeness (QED) is 0.734. The van der Waals surface area contributed by atoms with Crippen molar-refractivity contribution in [2.75, 3.05) is 0 Å². The molecule has 0 radical (unpaired) electrons. The van der Waals surface area contributed by atoms with Crippen LogP contribution in [-0.4, -0.2) is 24.8 Å². The number of hydrogen-bond donors (Lipinski definition) is 0. The third-order valence-corrected chi connectivity index (χ3v) is 5.60. The first-order valence-corrected chi connectivity index (χ1v) is 8.50. The molecule has 3 aromatic heterocycles. The Balaban J connectivity index is 1.82. The molecule has 5 heteroatoms. The van der Waals surface area contributed by atoms with E-state index >= 15 is 0 Å². The van der Waals surface area contributed by atoms with Crippen LogP contribution in [-0.2, 0) is 7.05 Å². The number of fused-ring (bicyclic) bond motifs is 1. The van der Waals surface area contributed by atoms with Crippen LogP contribution in [0.5, 0.6) is 0 Å². The van der Waals surface area contributed by atoms with Gasteiger partial charge in [-0.25, -0.2) is 9.97 Å². The van der Waals surface area contributed by atoms with Crippen molar-refractivity contribution >= 4 is 22.9 Å². The van der Waals surface area contributed by atoms with E-state index in [4.69, 9.17) is 4.98 Å². The van der Waals surface area contributed by atoms with E-state index in [0.717, 1.165) is 33.4 Å². The summed E-state index contributed by atoms with van der Waals surface area (Å²) >= 11 is 1.94. The zero-order valence-electron chi connectivity index (χ0n) is 12.8. The molecule has 0 unspecified atom stereocenters. The summed E-state index contributed by atoms with van der Waals surface area (Å²) in [5.41, 5.74) is 4.17. The van der Waals surface area contributed by atoms with Crippen molar-refractivity contribution in [2.45, 2.75) is 36.3 Å². The molecule has 1 saturated carbocycles. The third kappa shape index (κ3) is 2.29. The maximum atomic E-state index is 4.81. The number of thioether (sulfide) groups is 1. The van der Waals surface area contributed by atoms with E-state index in [2.05, 4.69) is 26.7 Å². The van der Waals surface area contributed by atoms with Crippen molar-refractivity contribution in [3.8, 4) is 11.4 Å². The lowest BCUT2D eigenvalue weighted by molar-refractivity contribution is 0.522. The van der Waals surface area contributed by atoms with Gasteiger partial charge in [-0.15, -0.1) is 11.8 Å². The maximum absolute atomic E-state index is 4.81. The Bertz CT molecular complexity index is 836. The highest BCUT2D eigenvalue weighted by atomic mass is 32.2. The van der Waals surface area contributed by atoms with Crippen molar-refractivity contribution in [2.24, 2.45) is 7.05 Å². The molecule has 4 nitrogen and oxygen atoms in total. The van der Waals surface area contributed by atoms with Crippen molar-refractivity contribution in [1.82, 2.24) is 19.5 Å². The van der Waals surface area contributed by atoms with Crippen molar-refractivity contribution < 1.29 is 0 Å². The first-order valence-electron chi connectivity index (χ1n) is 7.62. The predicted octanol–water partition coefficient (Wildman–Crippen LogP) is 3.98. The fourth-order valence-corrected chi connectivity index (χ4v) is 4.08. The lowest BCUT2D eigenvalue weighted by atomic mass is 10.00. The Kier molecular flexibility index (Phi) is 3.37. The molecule has 1 aliphatic carbocycles. The highest BCUT2D eigenvalue weighted by Gasteiger charge is 2.22. The number of pyridine rings is 2. The van der Waals surface area contributed by atoms with Gasteiger partial charge in [-0.05, 0) is 37.5 Å². The Morgan fingerprint density at radius 3 is 2.91 bits per heavy atom. The number of nitrogens with zero attached hydrogens (tertiary/aromatic N) is 4. The Morgan fingerprint density at radius 1 is 1.27 bits per heavy atom. The Morgan fingerprint density at radius 2 is 2.14 bits per heavy atom. The number of aryl methyl sites for hydroxylation is 2. The molecule has 0 aromatic carbocycles. The molecule has 0 aliphatic heterocycles.